The third-order valence-corrected chi connectivity index (χ3v) is 2.90. The molecule has 1 aromatic heterocycles. The van der Waals surface area contributed by atoms with E-state index in [0.29, 0.717) is 0 Å². The van der Waals surface area contributed by atoms with E-state index < -0.39 is 0 Å². The van der Waals surface area contributed by atoms with Gasteiger partial charge in [0.2, 0.25) is 0 Å². The molecule has 0 radical (unpaired) electrons. The number of benzene rings is 1. The van der Waals surface area contributed by atoms with E-state index in [9.17, 15) is 0 Å². The Balaban J connectivity index is 2.55. The van der Waals surface area contributed by atoms with Gasteiger partial charge in [0.1, 0.15) is 0 Å². The third kappa shape index (κ3) is 1.77. The van der Waals surface area contributed by atoms with Crippen LogP contribution in [-0.4, -0.2) is 9.78 Å². The van der Waals surface area contributed by atoms with Crippen molar-refractivity contribution in [3.63, 3.8) is 0 Å². The van der Waals surface area contributed by atoms with Crippen LogP contribution >= 0.6 is 11.6 Å². The summed E-state index contributed by atoms with van der Waals surface area (Å²) in [5.41, 5.74) is 3.32. The van der Waals surface area contributed by atoms with E-state index in [0.717, 1.165) is 28.4 Å². The van der Waals surface area contributed by atoms with Crippen LogP contribution in [0.2, 0.25) is 5.02 Å². The summed E-state index contributed by atoms with van der Waals surface area (Å²) < 4.78 is 1.97. The summed E-state index contributed by atoms with van der Waals surface area (Å²) in [5, 5.41) is 5.08. The summed E-state index contributed by atoms with van der Waals surface area (Å²) in [4.78, 5) is 0. The Kier molecular flexibility index (Phi) is 2.78. The molecule has 15 heavy (non-hydrogen) atoms. The van der Waals surface area contributed by atoms with E-state index in [-0.39, 0.29) is 0 Å². The summed E-state index contributed by atoms with van der Waals surface area (Å²) >= 11 is 6.15. The average molecular weight is 221 g/mol. The highest BCUT2D eigenvalue weighted by atomic mass is 35.5. The summed E-state index contributed by atoms with van der Waals surface area (Å²) in [6.45, 7) is 5.03. The Morgan fingerprint density at radius 1 is 1.27 bits per heavy atom. The Hall–Kier alpha value is -1.28. The molecule has 0 saturated heterocycles. The largest absolute Gasteiger partial charge is 0.270 e. The van der Waals surface area contributed by atoms with Crippen LogP contribution in [0, 0.1) is 6.92 Å². The number of aryl methyl sites for hydroxylation is 1. The number of aromatic nitrogens is 2. The lowest BCUT2D eigenvalue weighted by atomic mass is 10.1. The van der Waals surface area contributed by atoms with Gasteiger partial charge in [0.15, 0.2) is 0 Å². The summed E-state index contributed by atoms with van der Waals surface area (Å²) in [7, 11) is 0. The molecule has 0 aliphatic heterocycles. The summed E-state index contributed by atoms with van der Waals surface area (Å²) in [6.07, 6.45) is 1.88. The normalized spacial score (nSPS) is 10.6. The molecule has 78 valence electrons. The van der Waals surface area contributed by atoms with Crippen molar-refractivity contribution in [3.8, 4) is 11.1 Å². The van der Waals surface area contributed by atoms with Crippen LogP contribution < -0.4 is 0 Å². The molecule has 0 spiro atoms. The molecule has 0 N–H and O–H groups in total. The number of rotatable bonds is 2. The van der Waals surface area contributed by atoms with E-state index in [4.69, 9.17) is 11.6 Å². The summed E-state index contributed by atoms with van der Waals surface area (Å²) in [5.74, 6) is 0. The van der Waals surface area contributed by atoms with Crippen LogP contribution in [0.4, 0.5) is 0 Å². The SMILES string of the molecule is CCn1ncc(-c2ccccc2Cl)c1C. The van der Waals surface area contributed by atoms with Crippen molar-refractivity contribution >= 4 is 11.6 Å². The predicted molar refractivity (Wildman–Crippen MR) is 63.1 cm³/mol. The molecule has 0 aliphatic rings. The smallest absolute Gasteiger partial charge is 0.0571 e. The van der Waals surface area contributed by atoms with E-state index in [2.05, 4.69) is 18.9 Å². The van der Waals surface area contributed by atoms with E-state index in [1.807, 2.05) is 35.1 Å². The Morgan fingerprint density at radius 3 is 2.60 bits per heavy atom. The maximum Gasteiger partial charge on any atom is 0.0571 e. The van der Waals surface area contributed by atoms with Crippen molar-refractivity contribution in [2.45, 2.75) is 20.4 Å². The first-order valence-electron chi connectivity index (χ1n) is 5.01. The highest BCUT2D eigenvalue weighted by Gasteiger charge is 2.09. The Bertz CT molecular complexity index is 474. The van der Waals surface area contributed by atoms with Crippen LogP contribution in [0.25, 0.3) is 11.1 Å². The zero-order valence-corrected chi connectivity index (χ0v) is 9.62. The van der Waals surface area contributed by atoms with E-state index in [1.165, 1.54) is 0 Å². The van der Waals surface area contributed by atoms with Crippen molar-refractivity contribution in [3.05, 3.63) is 41.2 Å². The van der Waals surface area contributed by atoms with Crippen LogP contribution in [-0.2, 0) is 6.54 Å². The number of hydrogen-bond donors (Lipinski definition) is 0. The van der Waals surface area contributed by atoms with Crippen LogP contribution in [0.15, 0.2) is 30.5 Å². The van der Waals surface area contributed by atoms with Gasteiger partial charge in [-0.05, 0) is 19.9 Å². The lowest BCUT2D eigenvalue weighted by molar-refractivity contribution is 0.640. The molecule has 0 amide bonds. The average Bonchev–Trinajstić information content (AvgIpc) is 2.60. The minimum atomic E-state index is 0.774. The second kappa shape index (κ2) is 4.07. The van der Waals surface area contributed by atoms with Crippen molar-refractivity contribution in [1.29, 1.82) is 0 Å². The molecule has 0 atom stereocenters. The van der Waals surface area contributed by atoms with Gasteiger partial charge in [-0.3, -0.25) is 4.68 Å². The van der Waals surface area contributed by atoms with Crippen LogP contribution in [0.3, 0.4) is 0 Å². The molecule has 2 rings (SSSR count). The molecule has 2 aromatic rings. The van der Waals surface area contributed by atoms with Gasteiger partial charge in [-0.2, -0.15) is 5.10 Å². The first-order valence-corrected chi connectivity index (χ1v) is 5.39. The lowest BCUT2D eigenvalue weighted by Gasteiger charge is -2.04. The molecule has 0 aliphatic carbocycles. The second-order valence-electron chi connectivity index (χ2n) is 3.44. The van der Waals surface area contributed by atoms with Crippen molar-refractivity contribution in [1.82, 2.24) is 9.78 Å². The van der Waals surface area contributed by atoms with Gasteiger partial charge in [-0.1, -0.05) is 29.8 Å². The quantitative estimate of drug-likeness (QED) is 0.757. The fourth-order valence-corrected chi connectivity index (χ4v) is 1.95. The monoisotopic (exact) mass is 220 g/mol. The second-order valence-corrected chi connectivity index (χ2v) is 3.85. The lowest BCUT2D eigenvalue weighted by Crippen LogP contribution is -1.98. The topological polar surface area (TPSA) is 17.8 Å². The number of halogens is 1. The third-order valence-electron chi connectivity index (χ3n) is 2.57. The van der Waals surface area contributed by atoms with Gasteiger partial charge < -0.3 is 0 Å². The molecular weight excluding hydrogens is 208 g/mol. The Labute approximate surface area is 94.5 Å². The first kappa shape index (κ1) is 10.2. The maximum absolute atomic E-state index is 6.15. The van der Waals surface area contributed by atoms with Gasteiger partial charge in [0, 0.05) is 28.4 Å². The fraction of sp³-hybridized carbons (Fsp3) is 0.250. The predicted octanol–water partition coefficient (Wildman–Crippen LogP) is 3.53. The maximum atomic E-state index is 6.15. The molecule has 0 unspecified atom stereocenters. The van der Waals surface area contributed by atoms with Gasteiger partial charge in [0.05, 0.1) is 6.20 Å². The fourth-order valence-electron chi connectivity index (χ4n) is 1.71. The van der Waals surface area contributed by atoms with E-state index >= 15 is 0 Å². The molecule has 1 aromatic carbocycles. The highest BCUT2D eigenvalue weighted by Crippen LogP contribution is 2.29. The molecule has 1 heterocycles. The molecule has 0 bridgehead atoms. The van der Waals surface area contributed by atoms with Crippen molar-refractivity contribution < 1.29 is 0 Å². The van der Waals surface area contributed by atoms with Crippen molar-refractivity contribution in [2.24, 2.45) is 0 Å². The zero-order valence-electron chi connectivity index (χ0n) is 8.87. The van der Waals surface area contributed by atoms with Gasteiger partial charge >= 0.3 is 0 Å². The minimum Gasteiger partial charge on any atom is -0.270 e. The van der Waals surface area contributed by atoms with E-state index in [1.54, 1.807) is 0 Å². The van der Waals surface area contributed by atoms with Gasteiger partial charge in [-0.25, -0.2) is 0 Å². The van der Waals surface area contributed by atoms with Crippen molar-refractivity contribution in [2.75, 3.05) is 0 Å². The highest BCUT2D eigenvalue weighted by molar-refractivity contribution is 6.33. The molecular formula is C12H13ClN2. The zero-order chi connectivity index (χ0) is 10.8. The van der Waals surface area contributed by atoms with Crippen LogP contribution in [0.5, 0.6) is 0 Å². The molecule has 3 heteroatoms. The van der Waals surface area contributed by atoms with Crippen LogP contribution in [0.1, 0.15) is 12.6 Å². The first-order chi connectivity index (χ1) is 7.24. The standard InChI is InChI=1S/C12H13ClN2/c1-3-15-9(2)11(8-14-15)10-6-4-5-7-12(10)13/h4-8H,3H2,1-2H3. The summed E-state index contributed by atoms with van der Waals surface area (Å²) in [6, 6.07) is 7.85. The number of nitrogens with zero attached hydrogens (tertiary/aromatic N) is 2. The molecule has 2 nitrogen and oxygen atoms in total. The Morgan fingerprint density at radius 2 is 2.00 bits per heavy atom. The molecule has 0 fully saturated rings. The minimum absolute atomic E-state index is 0.774. The van der Waals surface area contributed by atoms with Gasteiger partial charge in [0.25, 0.3) is 0 Å². The molecule has 0 saturated carbocycles. The van der Waals surface area contributed by atoms with Gasteiger partial charge in [-0.15, -0.1) is 0 Å². The number of hydrogen-bond acceptors (Lipinski definition) is 1.